The first-order chi connectivity index (χ1) is 7.16. The fraction of sp³-hybridized carbons (Fsp3) is 0.250. The molecule has 1 atom stereocenters. The molecule has 72 valence electrons. The Hall–Kier alpha value is -2.31. The van der Waals surface area contributed by atoms with Gasteiger partial charge < -0.3 is 0 Å². The molecular weight excluding hydrogens is 186 g/mol. The summed E-state index contributed by atoms with van der Waals surface area (Å²) in [5, 5.41) is 26.4. The smallest absolute Gasteiger partial charge is 0.0991 e. The van der Waals surface area contributed by atoms with E-state index in [4.69, 9.17) is 15.8 Å². The largest absolute Gasteiger partial charge is 0.198 e. The number of nitriles is 3. The molecule has 3 nitrogen and oxygen atoms in total. The van der Waals surface area contributed by atoms with E-state index in [1.807, 2.05) is 12.1 Å². The Morgan fingerprint density at radius 1 is 1.27 bits per heavy atom. The lowest BCUT2D eigenvalue weighted by Crippen LogP contribution is -2.18. The maximum Gasteiger partial charge on any atom is 0.0991 e. The minimum Gasteiger partial charge on any atom is -0.198 e. The molecule has 0 heterocycles. The molecule has 1 aromatic rings. The number of hydrogen-bond donors (Lipinski definition) is 0. The lowest BCUT2D eigenvalue weighted by molar-refractivity contribution is 0.627. The predicted octanol–water partition coefficient (Wildman–Crippen LogP) is 2.25. The molecule has 1 aromatic carbocycles. The molecule has 0 bridgehead atoms. The Morgan fingerprint density at radius 2 is 2.00 bits per heavy atom. The standard InChI is InChI=1S/C12H9N3/c1-12(9-15,5-6-13)11-4-2-3-10(7-11)8-14/h2-4,7H,5H2,1H3. The van der Waals surface area contributed by atoms with E-state index in [2.05, 4.69) is 6.07 Å². The van der Waals surface area contributed by atoms with Crippen LogP contribution in [0.4, 0.5) is 0 Å². The molecule has 0 radical (unpaired) electrons. The summed E-state index contributed by atoms with van der Waals surface area (Å²) >= 11 is 0. The zero-order chi connectivity index (χ0) is 11.3. The van der Waals surface area contributed by atoms with Gasteiger partial charge in [-0.3, -0.25) is 0 Å². The van der Waals surface area contributed by atoms with Crippen molar-refractivity contribution in [2.24, 2.45) is 0 Å². The van der Waals surface area contributed by atoms with Crippen molar-refractivity contribution in [3.8, 4) is 18.2 Å². The van der Waals surface area contributed by atoms with Gasteiger partial charge in [-0.1, -0.05) is 12.1 Å². The molecule has 0 saturated heterocycles. The van der Waals surface area contributed by atoms with Gasteiger partial charge in [-0.15, -0.1) is 0 Å². The van der Waals surface area contributed by atoms with Crippen LogP contribution in [0.1, 0.15) is 24.5 Å². The molecule has 0 aliphatic rings. The Labute approximate surface area is 88.8 Å². The zero-order valence-corrected chi connectivity index (χ0v) is 8.36. The van der Waals surface area contributed by atoms with E-state index in [0.717, 1.165) is 0 Å². The summed E-state index contributed by atoms with van der Waals surface area (Å²) in [4.78, 5) is 0. The Bertz CT molecular complexity index is 485. The van der Waals surface area contributed by atoms with Gasteiger partial charge in [0.15, 0.2) is 0 Å². The average molecular weight is 195 g/mol. The predicted molar refractivity (Wildman–Crippen MR) is 54.4 cm³/mol. The summed E-state index contributed by atoms with van der Waals surface area (Å²) in [5.41, 5.74) is 0.388. The number of nitrogens with zero attached hydrogens (tertiary/aromatic N) is 3. The highest BCUT2D eigenvalue weighted by Crippen LogP contribution is 2.26. The third-order valence-electron chi connectivity index (χ3n) is 2.31. The average Bonchev–Trinajstić information content (AvgIpc) is 2.29. The van der Waals surface area contributed by atoms with Crippen LogP contribution in [0.5, 0.6) is 0 Å². The summed E-state index contributed by atoms with van der Waals surface area (Å²) in [6.07, 6.45) is 0.123. The van der Waals surface area contributed by atoms with E-state index < -0.39 is 5.41 Å². The molecule has 0 N–H and O–H groups in total. The maximum absolute atomic E-state index is 9.05. The van der Waals surface area contributed by atoms with Crippen LogP contribution in [-0.4, -0.2) is 0 Å². The van der Waals surface area contributed by atoms with Crippen molar-refractivity contribution in [2.75, 3.05) is 0 Å². The molecule has 0 aliphatic carbocycles. The molecule has 0 fully saturated rings. The third kappa shape index (κ3) is 2.13. The number of benzene rings is 1. The molecule has 0 amide bonds. The third-order valence-corrected chi connectivity index (χ3v) is 2.31. The lowest BCUT2D eigenvalue weighted by atomic mass is 9.81. The second kappa shape index (κ2) is 4.27. The highest BCUT2D eigenvalue weighted by atomic mass is 14.4. The maximum atomic E-state index is 9.05. The van der Waals surface area contributed by atoms with E-state index in [0.29, 0.717) is 11.1 Å². The first kappa shape index (κ1) is 10.8. The second-order valence-corrected chi connectivity index (χ2v) is 3.47. The first-order valence-corrected chi connectivity index (χ1v) is 4.45. The summed E-state index contributed by atoms with van der Waals surface area (Å²) in [7, 11) is 0. The fourth-order valence-electron chi connectivity index (χ4n) is 1.30. The highest BCUT2D eigenvalue weighted by molar-refractivity contribution is 5.40. The van der Waals surface area contributed by atoms with Gasteiger partial charge >= 0.3 is 0 Å². The van der Waals surface area contributed by atoms with Crippen molar-refractivity contribution >= 4 is 0 Å². The molecule has 0 aromatic heterocycles. The van der Waals surface area contributed by atoms with Gasteiger partial charge in [0.1, 0.15) is 0 Å². The monoisotopic (exact) mass is 195 g/mol. The SMILES string of the molecule is CC(C#N)(CC#N)c1cccc(C#N)c1. The molecule has 1 unspecified atom stereocenters. The minimum atomic E-state index is -0.832. The molecular formula is C12H9N3. The highest BCUT2D eigenvalue weighted by Gasteiger charge is 2.26. The Morgan fingerprint density at radius 3 is 2.53 bits per heavy atom. The summed E-state index contributed by atoms with van der Waals surface area (Å²) in [6, 6.07) is 12.9. The van der Waals surface area contributed by atoms with Gasteiger partial charge in [-0.25, -0.2) is 0 Å². The minimum absolute atomic E-state index is 0.123. The van der Waals surface area contributed by atoms with Gasteiger partial charge in [0.25, 0.3) is 0 Å². The van der Waals surface area contributed by atoms with E-state index in [1.54, 1.807) is 31.2 Å². The topological polar surface area (TPSA) is 71.4 Å². The normalized spacial score (nSPS) is 12.9. The van der Waals surface area contributed by atoms with Crippen molar-refractivity contribution in [2.45, 2.75) is 18.8 Å². The van der Waals surface area contributed by atoms with Crippen molar-refractivity contribution in [3.63, 3.8) is 0 Å². The van der Waals surface area contributed by atoms with Crippen LogP contribution in [0.2, 0.25) is 0 Å². The zero-order valence-electron chi connectivity index (χ0n) is 8.36. The second-order valence-electron chi connectivity index (χ2n) is 3.47. The van der Waals surface area contributed by atoms with Crippen LogP contribution in [0, 0.1) is 34.0 Å². The van der Waals surface area contributed by atoms with Crippen LogP contribution in [0.25, 0.3) is 0 Å². The summed E-state index contributed by atoms with van der Waals surface area (Å²) < 4.78 is 0. The molecule has 0 saturated carbocycles. The summed E-state index contributed by atoms with van der Waals surface area (Å²) in [5.74, 6) is 0. The van der Waals surface area contributed by atoms with Crippen molar-refractivity contribution in [1.29, 1.82) is 15.8 Å². The van der Waals surface area contributed by atoms with E-state index in [9.17, 15) is 0 Å². The van der Waals surface area contributed by atoms with Crippen molar-refractivity contribution in [1.82, 2.24) is 0 Å². The van der Waals surface area contributed by atoms with Gasteiger partial charge in [0, 0.05) is 0 Å². The molecule has 1 rings (SSSR count). The quantitative estimate of drug-likeness (QED) is 0.726. The number of rotatable bonds is 2. The van der Waals surface area contributed by atoms with Gasteiger partial charge in [-0.05, 0) is 24.6 Å². The fourth-order valence-corrected chi connectivity index (χ4v) is 1.30. The molecule has 0 spiro atoms. The van der Waals surface area contributed by atoms with E-state index in [-0.39, 0.29) is 6.42 Å². The van der Waals surface area contributed by atoms with Crippen LogP contribution in [0.15, 0.2) is 24.3 Å². The molecule has 0 aliphatic heterocycles. The molecule has 3 heteroatoms. The Kier molecular flexibility index (Phi) is 3.06. The van der Waals surface area contributed by atoms with Gasteiger partial charge in [-0.2, -0.15) is 15.8 Å². The van der Waals surface area contributed by atoms with E-state index in [1.165, 1.54) is 0 Å². The van der Waals surface area contributed by atoms with Crippen LogP contribution >= 0.6 is 0 Å². The first-order valence-electron chi connectivity index (χ1n) is 4.45. The van der Waals surface area contributed by atoms with Crippen LogP contribution in [0.3, 0.4) is 0 Å². The lowest BCUT2D eigenvalue weighted by Gasteiger charge is -2.18. The van der Waals surface area contributed by atoms with Gasteiger partial charge in [0.2, 0.25) is 0 Å². The summed E-state index contributed by atoms with van der Waals surface area (Å²) in [6.45, 7) is 1.70. The van der Waals surface area contributed by atoms with Gasteiger partial charge in [0.05, 0.1) is 35.6 Å². The molecule has 15 heavy (non-hydrogen) atoms. The number of hydrogen-bond acceptors (Lipinski definition) is 3. The van der Waals surface area contributed by atoms with Crippen molar-refractivity contribution < 1.29 is 0 Å². The van der Waals surface area contributed by atoms with Crippen LogP contribution in [-0.2, 0) is 5.41 Å². The van der Waals surface area contributed by atoms with E-state index >= 15 is 0 Å². The van der Waals surface area contributed by atoms with Crippen molar-refractivity contribution in [3.05, 3.63) is 35.4 Å². The Balaban J connectivity index is 3.22. The van der Waals surface area contributed by atoms with Crippen LogP contribution < -0.4 is 0 Å².